The number of aromatic nitrogens is 3. The van der Waals surface area contributed by atoms with Crippen LogP contribution in [0.5, 0.6) is 5.75 Å². The Morgan fingerprint density at radius 3 is 2.81 bits per heavy atom. The van der Waals surface area contributed by atoms with Gasteiger partial charge in [0.25, 0.3) is 5.91 Å². The van der Waals surface area contributed by atoms with Gasteiger partial charge < -0.3 is 10.1 Å². The highest BCUT2D eigenvalue weighted by atomic mass is 19.1. The smallest absolute Gasteiger partial charge is 0.252 e. The van der Waals surface area contributed by atoms with Crippen molar-refractivity contribution in [2.24, 2.45) is 0 Å². The number of ether oxygens (including phenoxy) is 1. The summed E-state index contributed by atoms with van der Waals surface area (Å²) in [6.07, 6.45) is 3.04. The molecule has 0 aliphatic rings. The summed E-state index contributed by atoms with van der Waals surface area (Å²) < 4.78 is 20.5. The lowest BCUT2D eigenvalue weighted by Crippen LogP contribution is -2.28. The number of benzene rings is 2. The molecule has 1 amide bonds. The Hall–Kier alpha value is -3.22. The summed E-state index contributed by atoms with van der Waals surface area (Å²) in [6.45, 7) is 2.24. The summed E-state index contributed by atoms with van der Waals surface area (Å²) >= 11 is 0. The zero-order chi connectivity index (χ0) is 18.5. The molecule has 0 saturated heterocycles. The van der Waals surface area contributed by atoms with Gasteiger partial charge in [0.05, 0.1) is 19.7 Å². The fraction of sp³-hybridized carbons (Fsp3) is 0.211. The maximum Gasteiger partial charge on any atom is 0.252 e. The maximum atomic E-state index is 13.9. The largest absolute Gasteiger partial charge is 0.494 e. The third kappa shape index (κ3) is 3.88. The van der Waals surface area contributed by atoms with Crippen molar-refractivity contribution in [3.8, 4) is 5.75 Å². The topological polar surface area (TPSA) is 69.0 Å². The molecule has 6 nitrogen and oxygen atoms in total. The molecule has 3 rings (SSSR count). The number of hydrogen-bond donors (Lipinski definition) is 1. The number of carbonyl (C=O) groups excluding carboxylic acids is 1. The van der Waals surface area contributed by atoms with Gasteiger partial charge in [0, 0.05) is 5.56 Å². The highest BCUT2D eigenvalue weighted by molar-refractivity contribution is 5.95. The predicted octanol–water partition coefficient (Wildman–Crippen LogP) is 2.97. The molecule has 0 saturated carbocycles. The van der Waals surface area contributed by atoms with E-state index in [2.05, 4.69) is 15.4 Å². The molecule has 0 radical (unpaired) electrons. The van der Waals surface area contributed by atoms with Crippen LogP contribution in [0, 0.1) is 5.82 Å². The molecule has 3 aromatic rings. The van der Waals surface area contributed by atoms with E-state index < -0.39 is 5.82 Å². The molecule has 0 fully saturated rings. The van der Waals surface area contributed by atoms with Gasteiger partial charge in [-0.25, -0.2) is 14.1 Å². The molecule has 1 N–H and O–H groups in total. The molecule has 134 valence electrons. The maximum absolute atomic E-state index is 13.9. The van der Waals surface area contributed by atoms with Gasteiger partial charge in [0.2, 0.25) is 0 Å². The van der Waals surface area contributed by atoms with Gasteiger partial charge >= 0.3 is 0 Å². The van der Waals surface area contributed by atoms with Crippen LogP contribution in [0.4, 0.5) is 4.39 Å². The van der Waals surface area contributed by atoms with E-state index in [1.807, 2.05) is 12.1 Å². The Bertz CT molecular complexity index is 896. The van der Waals surface area contributed by atoms with Crippen molar-refractivity contribution in [1.82, 2.24) is 20.1 Å². The van der Waals surface area contributed by atoms with E-state index in [0.717, 1.165) is 5.56 Å². The van der Waals surface area contributed by atoms with E-state index in [0.29, 0.717) is 17.7 Å². The van der Waals surface area contributed by atoms with Gasteiger partial charge in [0.1, 0.15) is 12.7 Å². The number of hydrogen-bond acceptors (Lipinski definition) is 4. The van der Waals surface area contributed by atoms with Crippen molar-refractivity contribution in [2.45, 2.75) is 19.5 Å². The number of halogens is 1. The monoisotopic (exact) mass is 354 g/mol. The number of carbonyl (C=O) groups is 1. The van der Waals surface area contributed by atoms with Gasteiger partial charge in [-0.2, -0.15) is 5.10 Å². The van der Waals surface area contributed by atoms with Crippen LogP contribution in [0.3, 0.4) is 0 Å². The molecule has 0 aliphatic carbocycles. The summed E-state index contributed by atoms with van der Waals surface area (Å²) in [4.78, 5) is 16.6. The molecule has 1 atom stereocenters. The predicted molar refractivity (Wildman–Crippen MR) is 94.4 cm³/mol. The van der Waals surface area contributed by atoms with E-state index in [-0.39, 0.29) is 17.7 Å². The van der Waals surface area contributed by atoms with E-state index in [1.54, 1.807) is 42.2 Å². The van der Waals surface area contributed by atoms with Crippen molar-refractivity contribution in [3.05, 3.63) is 77.6 Å². The van der Waals surface area contributed by atoms with Crippen LogP contribution >= 0.6 is 0 Å². The third-order valence-electron chi connectivity index (χ3n) is 4.08. The summed E-state index contributed by atoms with van der Waals surface area (Å²) in [5, 5.41) is 6.97. The molecular weight excluding hydrogens is 335 g/mol. The fourth-order valence-electron chi connectivity index (χ4n) is 2.68. The number of methoxy groups -OCH3 is 1. The molecule has 1 unspecified atom stereocenters. The van der Waals surface area contributed by atoms with E-state index >= 15 is 0 Å². The number of nitrogens with zero attached hydrogens (tertiary/aromatic N) is 3. The fourth-order valence-corrected chi connectivity index (χ4v) is 2.68. The van der Waals surface area contributed by atoms with Crippen LogP contribution in [-0.4, -0.2) is 27.8 Å². The van der Waals surface area contributed by atoms with Crippen LogP contribution in [-0.2, 0) is 6.54 Å². The second-order valence-corrected chi connectivity index (χ2v) is 5.84. The van der Waals surface area contributed by atoms with E-state index in [9.17, 15) is 9.18 Å². The van der Waals surface area contributed by atoms with Crippen molar-refractivity contribution in [2.75, 3.05) is 7.11 Å². The van der Waals surface area contributed by atoms with Crippen molar-refractivity contribution in [1.29, 1.82) is 0 Å². The quantitative estimate of drug-likeness (QED) is 0.739. The lowest BCUT2D eigenvalue weighted by atomic mass is 10.0. The molecule has 7 heteroatoms. The first kappa shape index (κ1) is 17.6. The second kappa shape index (κ2) is 7.77. The molecule has 0 aliphatic heterocycles. The Morgan fingerprint density at radius 2 is 2.12 bits per heavy atom. The van der Waals surface area contributed by atoms with Gasteiger partial charge in [-0.15, -0.1) is 0 Å². The Morgan fingerprint density at radius 1 is 1.31 bits per heavy atom. The Balaban J connectivity index is 1.76. The second-order valence-electron chi connectivity index (χ2n) is 5.84. The average Bonchev–Trinajstić information content (AvgIpc) is 3.15. The zero-order valence-electron chi connectivity index (χ0n) is 14.5. The SMILES string of the molecule is COc1ccc(C(C)NC(=O)c2ccccc2Cn2cncn2)cc1F. The third-order valence-corrected chi connectivity index (χ3v) is 4.08. The summed E-state index contributed by atoms with van der Waals surface area (Å²) in [5.74, 6) is -0.521. The number of rotatable bonds is 6. The highest BCUT2D eigenvalue weighted by Gasteiger charge is 2.16. The Kier molecular flexibility index (Phi) is 5.26. The van der Waals surface area contributed by atoms with Crippen LogP contribution in [0.2, 0.25) is 0 Å². The lowest BCUT2D eigenvalue weighted by Gasteiger charge is -2.17. The molecule has 26 heavy (non-hydrogen) atoms. The van der Waals surface area contributed by atoms with Gasteiger partial charge in [-0.05, 0) is 36.2 Å². The van der Waals surface area contributed by atoms with E-state index in [4.69, 9.17) is 4.74 Å². The molecule has 0 spiro atoms. The van der Waals surface area contributed by atoms with Crippen LogP contribution in [0.25, 0.3) is 0 Å². The standard InChI is InChI=1S/C19H19FN4O2/c1-13(14-7-8-18(26-2)17(20)9-14)23-19(25)16-6-4-3-5-15(16)10-24-12-21-11-22-24/h3-9,11-13H,10H2,1-2H3,(H,23,25). The van der Waals surface area contributed by atoms with Gasteiger partial charge in [-0.3, -0.25) is 4.79 Å². The van der Waals surface area contributed by atoms with Gasteiger partial charge in [-0.1, -0.05) is 24.3 Å². The minimum Gasteiger partial charge on any atom is -0.494 e. The summed E-state index contributed by atoms with van der Waals surface area (Å²) in [7, 11) is 1.41. The first-order chi connectivity index (χ1) is 12.6. The molecule has 2 aromatic carbocycles. The number of amides is 1. The summed E-state index contributed by atoms with van der Waals surface area (Å²) in [6, 6.07) is 11.6. The average molecular weight is 354 g/mol. The molecule has 1 heterocycles. The van der Waals surface area contributed by atoms with Crippen LogP contribution < -0.4 is 10.1 Å². The molecular formula is C19H19FN4O2. The molecule has 0 bridgehead atoms. The van der Waals surface area contributed by atoms with Crippen LogP contribution in [0.15, 0.2) is 55.1 Å². The van der Waals surface area contributed by atoms with Crippen molar-refractivity contribution >= 4 is 5.91 Å². The highest BCUT2D eigenvalue weighted by Crippen LogP contribution is 2.22. The summed E-state index contributed by atoms with van der Waals surface area (Å²) in [5.41, 5.74) is 2.03. The lowest BCUT2D eigenvalue weighted by molar-refractivity contribution is 0.0938. The first-order valence-corrected chi connectivity index (χ1v) is 8.13. The van der Waals surface area contributed by atoms with Crippen molar-refractivity contribution in [3.63, 3.8) is 0 Å². The number of nitrogens with one attached hydrogen (secondary N) is 1. The van der Waals surface area contributed by atoms with Crippen molar-refractivity contribution < 1.29 is 13.9 Å². The minimum atomic E-state index is -0.460. The normalized spacial score (nSPS) is 11.8. The van der Waals surface area contributed by atoms with Gasteiger partial charge in [0.15, 0.2) is 11.6 Å². The Labute approximate surface area is 150 Å². The zero-order valence-corrected chi connectivity index (χ0v) is 14.5. The van der Waals surface area contributed by atoms with Crippen LogP contribution in [0.1, 0.15) is 34.5 Å². The minimum absolute atomic E-state index is 0.172. The van der Waals surface area contributed by atoms with E-state index in [1.165, 1.54) is 19.5 Å². The molecule has 1 aromatic heterocycles. The first-order valence-electron chi connectivity index (χ1n) is 8.13.